The SMILES string of the molecule is CCc1cc(-c2cnc(NSc3ccccc3Cl)nc2)cc2cnc(NC3CCCCC3)nc12. The van der Waals surface area contributed by atoms with E-state index < -0.39 is 0 Å². The number of halogens is 1. The average Bonchev–Trinajstić information content (AvgIpc) is 2.88. The van der Waals surface area contributed by atoms with Crippen molar-refractivity contribution in [3.05, 3.63) is 65.6 Å². The van der Waals surface area contributed by atoms with Crippen molar-refractivity contribution in [3.8, 4) is 11.1 Å². The van der Waals surface area contributed by atoms with Crippen molar-refractivity contribution in [1.82, 2.24) is 19.9 Å². The zero-order valence-electron chi connectivity index (χ0n) is 19.1. The van der Waals surface area contributed by atoms with Gasteiger partial charge in [-0.3, -0.25) is 4.72 Å². The van der Waals surface area contributed by atoms with Gasteiger partial charge in [0.05, 0.1) is 10.5 Å². The molecule has 1 saturated carbocycles. The van der Waals surface area contributed by atoms with E-state index in [2.05, 4.69) is 44.0 Å². The van der Waals surface area contributed by atoms with Crippen LogP contribution in [-0.2, 0) is 6.42 Å². The van der Waals surface area contributed by atoms with Gasteiger partial charge in [0.2, 0.25) is 11.9 Å². The van der Waals surface area contributed by atoms with E-state index in [1.165, 1.54) is 49.6 Å². The lowest BCUT2D eigenvalue weighted by Crippen LogP contribution is -2.23. The van der Waals surface area contributed by atoms with Gasteiger partial charge in [0.1, 0.15) is 0 Å². The summed E-state index contributed by atoms with van der Waals surface area (Å²) >= 11 is 7.61. The van der Waals surface area contributed by atoms with Crippen LogP contribution in [0.1, 0.15) is 44.6 Å². The molecule has 0 saturated heterocycles. The molecule has 1 aliphatic carbocycles. The molecule has 0 bridgehead atoms. The van der Waals surface area contributed by atoms with Crippen LogP contribution in [0.25, 0.3) is 22.0 Å². The Balaban J connectivity index is 1.34. The predicted molar refractivity (Wildman–Crippen MR) is 141 cm³/mol. The highest BCUT2D eigenvalue weighted by Gasteiger charge is 2.15. The molecule has 0 atom stereocenters. The van der Waals surface area contributed by atoms with Gasteiger partial charge in [0.25, 0.3) is 0 Å². The number of rotatable bonds is 7. The molecule has 4 aromatic rings. The Hall–Kier alpha value is -2.90. The minimum Gasteiger partial charge on any atom is -0.351 e. The quantitative estimate of drug-likeness (QED) is 0.266. The maximum atomic E-state index is 6.21. The normalized spacial score (nSPS) is 14.3. The standard InChI is InChI=1S/C26H27ClN6S/c1-2-17-12-18(13-19-14-30-26(32-24(17)19)31-21-8-4-3-5-9-21)20-15-28-25(29-16-20)33-34-23-11-7-6-10-22(23)27/h6-7,10-16,21H,2-5,8-9H2,1H3,(H,28,29,33)(H,30,31,32). The lowest BCUT2D eigenvalue weighted by molar-refractivity contribution is 0.461. The van der Waals surface area contributed by atoms with Crippen molar-refractivity contribution in [3.63, 3.8) is 0 Å². The van der Waals surface area contributed by atoms with Gasteiger partial charge in [-0.25, -0.2) is 19.9 Å². The summed E-state index contributed by atoms with van der Waals surface area (Å²) in [5.41, 5.74) is 4.22. The Morgan fingerprint density at radius 2 is 1.71 bits per heavy atom. The fourth-order valence-corrected chi connectivity index (χ4v) is 5.18. The van der Waals surface area contributed by atoms with Crippen LogP contribution in [0, 0.1) is 0 Å². The number of hydrogen-bond donors (Lipinski definition) is 2. The minimum absolute atomic E-state index is 0.482. The van der Waals surface area contributed by atoms with Crippen molar-refractivity contribution in [1.29, 1.82) is 0 Å². The van der Waals surface area contributed by atoms with Crippen LogP contribution in [0.5, 0.6) is 0 Å². The molecule has 2 N–H and O–H groups in total. The van der Waals surface area contributed by atoms with Gasteiger partial charge >= 0.3 is 0 Å². The van der Waals surface area contributed by atoms with Crippen molar-refractivity contribution in [2.75, 3.05) is 10.0 Å². The lowest BCUT2D eigenvalue weighted by Gasteiger charge is -2.22. The molecular formula is C26H27ClN6S. The molecule has 1 aliphatic rings. The fraction of sp³-hybridized carbons (Fsp3) is 0.308. The summed E-state index contributed by atoms with van der Waals surface area (Å²) in [6.45, 7) is 2.16. The second-order valence-electron chi connectivity index (χ2n) is 8.53. The van der Waals surface area contributed by atoms with E-state index in [-0.39, 0.29) is 0 Å². The number of aromatic nitrogens is 4. The molecule has 1 fully saturated rings. The predicted octanol–water partition coefficient (Wildman–Crippen LogP) is 7.17. The molecule has 0 spiro atoms. The summed E-state index contributed by atoms with van der Waals surface area (Å²) < 4.78 is 3.16. The molecule has 2 heterocycles. The summed E-state index contributed by atoms with van der Waals surface area (Å²) in [4.78, 5) is 19.4. The van der Waals surface area contributed by atoms with Gasteiger partial charge in [0, 0.05) is 40.5 Å². The van der Waals surface area contributed by atoms with Crippen LogP contribution in [0.15, 0.2) is 59.9 Å². The van der Waals surface area contributed by atoms with Crippen molar-refractivity contribution >= 4 is 46.3 Å². The Morgan fingerprint density at radius 1 is 0.941 bits per heavy atom. The highest BCUT2D eigenvalue weighted by Crippen LogP contribution is 2.30. The van der Waals surface area contributed by atoms with Gasteiger partial charge in [-0.05, 0) is 66.6 Å². The van der Waals surface area contributed by atoms with E-state index in [9.17, 15) is 0 Å². The summed E-state index contributed by atoms with van der Waals surface area (Å²) in [5.74, 6) is 1.27. The summed E-state index contributed by atoms with van der Waals surface area (Å²) in [7, 11) is 0. The average molecular weight is 491 g/mol. The topological polar surface area (TPSA) is 75.6 Å². The molecule has 0 aliphatic heterocycles. The number of nitrogens with zero attached hydrogens (tertiary/aromatic N) is 4. The van der Waals surface area contributed by atoms with E-state index in [0.717, 1.165) is 39.3 Å². The van der Waals surface area contributed by atoms with E-state index >= 15 is 0 Å². The molecule has 0 radical (unpaired) electrons. The fourth-order valence-electron chi connectivity index (χ4n) is 4.31. The first kappa shape index (κ1) is 22.9. The first-order chi connectivity index (χ1) is 16.7. The van der Waals surface area contributed by atoms with Crippen LogP contribution in [0.2, 0.25) is 5.02 Å². The van der Waals surface area contributed by atoms with E-state index in [1.54, 1.807) is 0 Å². The van der Waals surface area contributed by atoms with Crippen LogP contribution in [0.4, 0.5) is 11.9 Å². The number of anilines is 2. The van der Waals surface area contributed by atoms with Crippen LogP contribution >= 0.6 is 23.5 Å². The number of hydrogen-bond acceptors (Lipinski definition) is 7. The molecule has 0 unspecified atom stereocenters. The van der Waals surface area contributed by atoms with Crippen LogP contribution in [0.3, 0.4) is 0 Å². The van der Waals surface area contributed by atoms with Gasteiger partial charge in [-0.15, -0.1) is 0 Å². The second-order valence-corrected chi connectivity index (χ2v) is 9.78. The number of aryl methyl sites for hydroxylation is 1. The number of fused-ring (bicyclic) bond motifs is 1. The molecule has 34 heavy (non-hydrogen) atoms. The summed E-state index contributed by atoms with van der Waals surface area (Å²) in [6, 6.07) is 12.4. The van der Waals surface area contributed by atoms with E-state index in [1.807, 2.05) is 42.9 Å². The molecule has 5 rings (SSSR count). The third-order valence-electron chi connectivity index (χ3n) is 6.16. The van der Waals surface area contributed by atoms with Gasteiger partial charge < -0.3 is 5.32 Å². The smallest absolute Gasteiger partial charge is 0.233 e. The first-order valence-electron chi connectivity index (χ1n) is 11.8. The largest absolute Gasteiger partial charge is 0.351 e. The molecule has 174 valence electrons. The second kappa shape index (κ2) is 10.6. The maximum Gasteiger partial charge on any atom is 0.233 e. The molecule has 6 nitrogen and oxygen atoms in total. The molecule has 8 heteroatoms. The van der Waals surface area contributed by atoms with Crippen molar-refractivity contribution < 1.29 is 0 Å². The summed E-state index contributed by atoms with van der Waals surface area (Å²) in [6.07, 6.45) is 12.8. The Kier molecular flexibility index (Phi) is 7.11. The molecule has 2 aromatic carbocycles. The molecule has 0 amide bonds. The first-order valence-corrected chi connectivity index (χ1v) is 12.9. The summed E-state index contributed by atoms with van der Waals surface area (Å²) in [5, 5.41) is 5.27. The maximum absolute atomic E-state index is 6.21. The van der Waals surface area contributed by atoms with Crippen molar-refractivity contribution in [2.24, 2.45) is 0 Å². The van der Waals surface area contributed by atoms with Gasteiger partial charge in [0.15, 0.2) is 0 Å². The van der Waals surface area contributed by atoms with E-state index in [0.29, 0.717) is 17.0 Å². The molecular weight excluding hydrogens is 464 g/mol. The zero-order chi connectivity index (χ0) is 23.3. The number of benzene rings is 2. The highest BCUT2D eigenvalue weighted by atomic mass is 35.5. The monoisotopic (exact) mass is 490 g/mol. The Morgan fingerprint density at radius 3 is 2.47 bits per heavy atom. The van der Waals surface area contributed by atoms with Crippen LogP contribution in [-0.4, -0.2) is 26.0 Å². The van der Waals surface area contributed by atoms with Gasteiger partial charge in [-0.2, -0.15) is 0 Å². The van der Waals surface area contributed by atoms with Crippen LogP contribution < -0.4 is 10.0 Å². The van der Waals surface area contributed by atoms with Gasteiger partial charge in [-0.1, -0.05) is 49.9 Å². The van der Waals surface area contributed by atoms with Crippen molar-refractivity contribution in [2.45, 2.75) is 56.4 Å². The third-order valence-corrected chi connectivity index (χ3v) is 7.46. The lowest BCUT2D eigenvalue weighted by atomic mass is 9.96. The highest BCUT2D eigenvalue weighted by molar-refractivity contribution is 8.00. The number of nitrogens with one attached hydrogen (secondary N) is 2. The van der Waals surface area contributed by atoms with E-state index in [4.69, 9.17) is 16.6 Å². The Bertz CT molecular complexity index is 1270. The molecule has 2 aromatic heterocycles. The third kappa shape index (κ3) is 5.26. The minimum atomic E-state index is 0.482. The zero-order valence-corrected chi connectivity index (χ0v) is 20.7. The Labute approximate surface area is 209 Å².